The van der Waals surface area contributed by atoms with Gasteiger partial charge in [0.2, 0.25) is 59.3 Å². The zero-order chi connectivity index (χ0) is 82.2. The topological polar surface area (TPSA) is 476 Å². The first kappa shape index (κ1) is 83.2. The molecule has 1 fully saturated rings. The van der Waals surface area contributed by atoms with Crippen LogP contribution in [0, 0.1) is 0 Å². The van der Waals surface area contributed by atoms with E-state index < -0.39 is 195 Å². The van der Waals surface area contributed by atoms with E-state index in [1.165, 1.54) is 61.6 Å². The van der Waals surface area contributed by atoms with E-state index >= 15 is 24.0 Å². The molecule has 7 aliphatic heterocycles. The summed E-state index contributed by atoms with van der Waals surface area (Å²) in [6.45, 7) is 1.71. The first-order chi connectivity index (χ1) is 55.1. The number of aromatic hydroxyl groups is 5. The van der Waals surface area contributed by atoms with Crippen LogP contribution in [0.3, 0.4) is 0 Å². The fraction of sp³-hybridized carbons (Fsp3) is 0.383. The van der Waals surface area contributed by atoms with Crippen LogP contribution < -0.4 is 66.8 Å². The summed E-state index contributed by atoms with van der Waals surface area (Å²) in [5.41, 5.74) is -1.82. The van der Waals surface area contributed by atoms with Crippen molar-refractivity contribution in [2.24, 2.45) is 0 Å². The number of aliphatic hydroxyl groups is 4. The quantitative estimate of drug-likeness (QED) is 0.0392. The van der Waals surface area contributed by atoms with Crippen molar-refractivity contribution in [1.82, 2.24) is 52.8 Å². The van der Waals surface area contributed by atoms with E-state index in [9.17, 15) is 60.3 Å². The summed E-state index contributed by atoms with van der Waals surface area (Å²) in [6, 6.07) is 7.82. The first-order valence-corrected chi connectivity index (χ1v) is 38.4. The number of amides is 8. The van der Waals surface area contributed by atoms with Crippen molar-refractivity contribution in [1.29, 1.82) is 0 Å². The second kappa shape index (κ2) is 36.5. The molecule has 0 spiro atoms. The highest BCUT2D eigenvalue weighted by atomic mass is 35.5. The van der Waals surface area contributed by atoms with Crippen molar-refractivity contribution in [3.8, 4) is 80.1 Å². The number of phenols is 5. The minimum Gasteiger partial charge on any atom is -0.508 e. The van der Waals surface area contributed by atoms with Gasteiger partial charge in [0, 0.05) is 48.2 Å². The number of nitrogens with one attached hydrogen (secondary N) is 9. The number of unbranched alkanes of at least 4 members (excludes halogenated alkanes) is 7. The maximum Gasteiger partial charge on any atom is 0.248 e. The third-order valence-electron chi connectivity index (χ3n) is 20.5. The Bertz CT molecular complexity index is 4840. The molecule has 13 atom stereocenters. The molecule has 8 amide bonds. The molecule has 0 unspecified atom stereocenters. The highest BCUT2D eigenvalue weighted by Gasteiger charge is 2.48. The predicted octanol–water partition coefficient (Wildman–Crippen LogP) is 6.36. The van der Waals surface area contributed by atoms with Crippen molar-refractivity contribution >= 4 is 70.5 Å². The summed E-state index contributed by atoms with van der Waals surface area (Å²) < 4.78 is 32.8. The van der Waals surface area contributed by atoms with E-state index in [2.05, 4.69) is 54.8 Å². The van der Waals surface area contributed by atoms with Crippen molar-refractivity contribution in [2.45, 2.75) is 157 Å². The number of hydrogen-bond donors (Lipinski definition) is 18. The number of benzene rings is 7. The van der Waals surface area contributed by atoms with E-state index in [0.717, 1.165) is 99.2 Å². The minimum absolute atomic E-state index is 0.0139. The second-order valence-corrected chi connectivity index (χ2v) is 29.8. The summed E-state index contributed by atoms with van der Waals surface area (Å²) >= 11 is 14.2. The molecule has 18 N–H and O–H groups in total. The molecule has 610 valence electrons. The van der Waals surface area contributed by atoms with Crippen LogP contribution in [0.25, 0.3) is 11.1 Å². The maximum atomic E-state index is 16.5. The number of phenolic OH excluding ortho intramolecular Hbond substituents is 5. The van der Waals surface area contributed by atoms with Gasteiger partial charge in [-0.15, -0.1) is 0 Å². The summed E-state index contributed by atoms with van der Waals surface area (Å²) in [7, 11) is 5.07. The number of likely N-dealkylation sites (N-methyl/N-ethyl adjacent to an activating group) is 1. The zero-order valence-corrected chi connectivity index (χ0v) is 64.4. The van der Waals surface area contributed by atoms with Crippen LogP contribution in [-0.4, -0.2) is 182 Å². The van der Waals surface area contributed by atoms with Gasteiger partial charge in [-0.1, -0.05) is 105 Å². The summed E-state index contributed by atoms with van der Waals surface area (Å²) in [6.07, 6.45) is -2.28. The lowest BCUT2D eigenvalue weighted by molar-refractivity contribution is -0.244. The predicted molar refractivity (Wildman–Crippen MR) is 414 cm³/mol. The molecule has 1 saturated heterocycles. The highest BCUT2D eigenvalue weighted by Crippen LogP contribution is 2.50. The number of halogens is 2. The molecule has 0 saturated carbocycles. The summed E-state index contributed by atoms with van der Waals surface area (Å²) in [5.74, 6) is -14.5. The summed E-state index contributed by atoms with van der Waals surface area (Å²) in [4.78, 5) is 125. The molecule has 7 heterocycles. The third-order valence-corrected chi connectivity index (χ3v) is 21.2. The number of aliphatic hydroxyl groups excluding tert-OH is 4. The Kier molecular flexibility index (Phi) is 26.4. The number of carbonyl (C=O) groups excluding carboxylic acids is 8. The monoisotopic (exact) mass is 1620 g/mol. The van der Waals surface area contributed by atoms with Crippen LogP contribution in [0.2, 0.25) is 10.0 Å². The van der Waals surface area contributed by atoms with Crippen LogP contribution >= 0.6 is 23.2 Å². The number of ether oxygens (including phenoxy) is 5. The Morgan fingerprint density at radius 2 is 1.22 bits per heavy atom. The van der Waals surface area contributed by atoms with Gasteiger partial charge in [0.1, 0.15) is 113 Å². The molecule has 17 bridgehead atoms. The molecule has 7 aromatic carbocycles. The second-order valence-electron chi connectivity index (χ2n) is 29.0. The van der Waals surface area contributed by atoms with E-state index in [4.69, 9.17) is 46.9 Å². The standard InChI is InChI=1S/C81H90Cl2N10O22/c1-5-6-7-8-9-10-11-12-14-60(100)87-69-72(103)71(102)59(37-94)114-81(69)115-73-57-31-42-32-58(73)113-55-24-19-41(29-49(55)82)70(101)68-80(110)91-66(75(105)85-25-13-26-93(3)4)47-33-43(95)34-53(98)61(47)46-28-39(17-22-51(46)96)64(77(107)92-68)88-78(108)65(42)89-79(109)67-48-35-45(36-54(99)62(48)83)112-56-30-40(18-23-52(56)97)63(84-2)76(106)86-50(74(104)90-67)27-38-15-20-44(111-57)21-16-38/h15-24,28-36,50,59,63-72,81,84,94-99,101-103H,5-14,25-27,37H2,1-4H3,(H,85,105)(H,86,106)(H,87,100)(H,88,108)(H,89,109)(H,90,104)(H,91,110)(H,92,107)/t50-,59-,63+,64-,65-,66+,67+,68+,69-,70-,71-,72-,81+/m1/s1. The summed E-state index contributed by atoms with van der Waals surface area (Å²) in [5, 5.41) is 128. The van der Waals surface area contributed by atoms with Crippen LogP contribution in [0.1, 0.15) is 146 Å². The average Bonchev–Trinajstić information content (AvgIpc) is 0.765. The molecular formula is C81H90Cl2N10O22. The SMILES string of the molecule is CCCCCCCCCCC(=O)N[C@H]1[C@H](Oc2c3cc4cc2Oc2ccc(cc2Cl)[C@@H](O)[C@@H]2NC(=O)[C@H](NC(=O)[C@@H]4NC(=O)[C@H]4NC(=O)[C@@H](Cc5ccc(cc5)O3)NC(=O)[C@@H](NC)c3ccc(O)c(c3)Oc3cc(O)c(Cl)c4c3)c3ccc(O)c(c3)-c3c(O)cc(O)cc3[C@@H](C(=O)NCCCN(C)C)NC2=O)O[C@H](CO)[C@@H](O)[C@@H]1O. The maximum absolute atomic E-state index is 16.5. The number of carbonyl (C=O) groups is 8. The van der Waals surface area contributed by atoms with Gasteiger partial charge < -0.3 is 122 Å². The van der Waals surface area contributed by atoms with Gasteiger partial charge in [0.05, 0.1) is 16.7 Å². The number of nitrogens with zero attached hydrogens (tertiary/aromatic N) is 1. The van der Waals surface area contributed by atoms with Gasteiger partial charge in [0.15, 0.2) is 23.0 Å². The molecule has 7 aliphatic rings. The van der Waals surface area contributed by atoms with Crippen molar-refractivity contribution in [3.05, 3.63) is 164 Å². The Morgan fingerprint density at radius 3 is 1.92 bits per heavy atom. The van der Waals surface area contributed by atoms with Gasteiger partial charge >= 0.3 is 0 Å². The smallest absolute Gasteiger partial charge is 0.248 e. The molecule has 115 heavy (non-hydrogen) atoms. The normalized spacial score (nSPS) is 23.4. The van der Waals surface area contributed by atoms with Crippen LogP contribution in [-0.2, 0) is 49.5 Å². The third kappa shape index (κ3) is 18.9. The number of hydrogen-bond acceptors (Lipinski definition) is 24. The molecule has 32 nitrogen and oxygen atoms in total. The fourth-order valence-electron chi connectivity index (χ4n) is 14.4. The minimum atomic E-state index is -2.32. The Labute approximate surface area is 669 Å². The van der Waals surface area contributed by atoms with Gasteiger partial charge in [-0.2, -0.15) is 0 Å². The lowest BCUT2D eigenvalue weighted by Gasteiger charge is -2.42. The Morgan fingerprint density at radius 1 is 0.574 bits per heavy atom. The van der Waals surface area contributed by atoms with Crippen molar-refractivity contribution in [3.63, 3.8) is 0 Å². The molecule has 7 aromatic rings. The number of rotatable bonds is 19. The van der Waals surface area contributed by atoms with E-state index in [1.807, 2.05) is 4.90 Å². The fourth-order valence-corrected chi connectivity index (χ4v) is 14.9. The molecule has 0 aromatic heterocycles. The number of fused-ring (bicyclic) bond motifs is 14. The molecule has 14 rings (SSSR count). The Hall–Kier alpha value is -11.2. The molecule has 34 heteroatoms. The van der Waals surface area contributed by atoms with Gasteiger partial charge in [0.25, 0.3) is 0 Å². The van der Waals surface area contributed by atoms with E-state index in [-0.39, 0.29) is 80.8 Å². The Balaban J connectivity index is 1.08. The zero-order valence-electron chi connectivity index (χ0n) is 62.9. The van der Waals surface area contributed by atoms with Gasteiger partial charge in [-0.05, 0) is 147 Å². The molecule has 0 radical (unpaired) electrons. The van der Waals surface area contributed by atoms with Crippen molar-refractivity contribution in [2.75, 3.05) is 40.8 Å². The highest BCUT2D eigenvalue weighted by molar-refractivity contribution is 6.33. The van der Waals surface area contributed by atoms with Gasteiger partial charge in [-0.25, -0.2) is 0 Å². The van der Waals surface area contributed by atoms with Crippen LogP contribution in [0.5, 0.6) is 69.0 Å². The largest absolute Gasteiger partial charge is 0.508 e. The van der Waals surface area contributed by atoms with Gasteiger partial charge in [-0.3, -0.25) is 38.4 Å². The molecule has 0 aliphatic carbocycles. The van der Waals surface area contributed by atoms with E-state index in [1.54, 1.807) is 14.1 Å². The first-order valence-electron chi connectivity index (χ1n) is 37.6. The molecular weight excluding hydrogens is 1540 g/mol. The van der Waals surface area contributed by atoms with Crippen molar-refractivity contribution < 1.29 is 108 Å². The van der Waals surface area contributed by atoms with Crippen LogP contribution in [0.15, 0.2) is 115 Å². The van der Waals surface area contributed by atoms with Crippen LogP contribution in [0.4, 0.5) is 0 Å². The van der Waals surface area contributed by atoms with E-state index in [0.29, 0.717) is 31.4 Å². The lowest BCUT2D eigenvalue weighted by atomic mass is 9.89. The average molecular weight is 1630 g/mol. The lowest BCUT2D eigenvalue weighted by Crippen LogP contribution is -2.65.